The molecule has 1 aliphatic rings. The van der Waals surface area contributed by atoms with Gasteiger partial charge in [0, 0.05) is 18.2 Å². The molecule has 1 aromatic carbocycles. The summed E-state index contributed by atoms with van der Waals surface area (Å²) in [6, 6.07) is 4.05. The average Bonchev–Trinajstić information content (AvgIpc) is 2.43. The fourth-order valence-electron chi connectivity index (χ4n) is 2.83. The van der Waals surface area contributed by atoms with Crippen molar-refractivity contribution in [1.29, 1.82) is 0 Å². The van der Waals surface area contributed by atoms with Crippen molar-refractivity contribution in [3.05, 3.63) is 38.9 Å². The lowest BCUT2D eigenvalue weighted by Gasteiger charge is -2.34. The third kappa shape index (κ3) is 3.53. The van der Waals surface area contributed by atoms with Crippen LogP contribution in [-0.2, 0) is 0 Å². The highest BCUT2D eigenvalue weighted by Crippen LogP contribution is 2.30. The van der Waals surface area contributed by atoms with Gasteiger partial charge in [0.25, 0.3) is 11.6 Å². The van der Waals surface area contributed by atoms with Gasteiger partial charge in [-0.1, -0.05) is 38.3 Å². The summed E-state index contributed by atoms with van der Waals surface area (Å²) >= 11 is 5.99. The summed E-state index contributed by atoms with van der Waals surface area (Å²) in [6.45, 7) is 4.34. The average molecular weight is 311 g/mol. The summed E-state index contributed by atoms with van der Waals surface area (Å²) in [7, 11) is 0. The molecule has 1 saturated carbocycles. The van der Waals surface area contributed by atoms with Crippen LogP contribution in [0.3, 0.4) is 0 Å². The summed E-state index contributed by atoms with van der Waals surface area (Å²) in [6.07, 6.45) is 3.25. The fraction of sp³-hybridized carbons (Fsp3) is 0.533. The molecule has 0 unspecified atom stereocenters. The zero-order chi connectivity index (χ0) is 15.6. The van der Waals surface area contributed by atoms with E-state index in [0.717, 1.165) is 12.8 Å². The van der Waals surface area contributed by atoms with E-state index in [2.05, 4.69) is 19.2 Å². The van der Waals surface area contributed by atoms with E-state index in [1.165, 1.54) is 24.6 Å². The molecule has 21 heavy (non-hydrogen) atoms. The normalized spacial score (nSPS) is 25.4. The monoisotopic (exact) mass is 310 g/mol. The molecular weight excluding hydrogens is 292 g/mol. The van der Waals surface area contributed by atoms with Crippen molar-refractivity contribution in [2.45, 2.75) is 39.2 Å². The van der Waals surface area contributed by atoms with Crippen LogP contribution in [0.25, 0.3) is 0 Å². The van der Waals surface area contributed by atoms with Crippen LogP contribution in [0.15, 0.2) is 18.2 Å². The summed E-state index contributed by atoms with van der Waals surface area (Å²) < 4.78 is 0. The minimum atomic E-state index is -0.529. The van der Waals surface area contributed by atoms with Crippen LogP contribution in [0.2, 0.25) is 5.02 Å². The van der Waals surface area contributed by atoms with E-state index in [4.69, 9.17) is 11.6 Å². The number of amides is 1. The molecule has 1 fully saturated rings. The Morgan fingerprint density at radius 2 is 2.10 bits per heavy atom. The quantitative estimate of drug-likeness (QED) is 0.681. The number of nitrogens with zero attached hydrogens (tertiary/aromatic N) is 1. The zero-order valence-corrected chi connectivity index (χ0v) is 12.9. The maximum Gasteiger partial charge on any atom is 0.270 e. The second-order valence-corrected chi connectivity index (χ2v) is 6.18. The Morgan fingerprint density at radius 1 is 1.38 bits per heavy atom. The molecule has 0 bridgehead atoms. The highest BCUT2D eigenvalue weighted by molar-refractivity contribution is 6.34. The van der Waals surface area contributed by atoms with E-state index in [1.54, 1.807) is 0 Å². The number of rotatable bonds is 3. The Morgan fingerprint density at radius 3 is 2.71 bits per heavy atom. The predicted octanol–water partition coefficient (Wildman–Crippen LogP) is 3.80. The first-order valence-electron chi connectivity index (χ1n) is 7.15. The number of carbonyl (C=O) groups excluding carboxylic acids is 1. The van der Waals surface area contributed by atoms with Crippen molar-refractivity contribution in [2.24, 2.45) is 11.8 Å². The molecule has 2 rings (SSSR count). The standard InChI is InChI=1S/C15H19ClN2O3/c1-9-4-3-5-14(10(9)2)17-15(19)12-7-6-11(18(20)21)8-13(12)16/h6-10,14H,3-5H2,1-2H3,(H,17,19)/t9-,10+,14+/m0/s1. The molecular formula is C15H19ClN2O3. The third-order valence-electron chi connectivity index (χ3n) is 4.43. The van der Waals surface area contributed by atoms with Crippen molar-refractivity contribution in [1.82, 2.24) is 5.32 Å². The SMILES string of the molecule is C[C@@H]1[C@@H](C)CCC[C@H]1NC(=O)c1ccc([N+](=O)[O-])cc1Cl. The lowest BCUT2D eigenvalue weighted by molar-refractivity contribution is -0.384. The number of hydrogen-bond acceptors (Lipinski definition) is 3. The fourth-order valence-corrected chi connectivity index (χ4v) is 3.09. The molecule has 0 spiro atoms. The minimum Gasteiger partial charge on any atom is -0.349 e. The highest BCUT2D eigenvalue weighted by atomic mass is 35.5. The zero-order valence-electron chi connectivity index (χ0n) is 12.1. The first-order valence-corrected chi connectivity index (χ1v) is 7.52. The van der Waals surface area contributed by atoms with Gasteiger partial charge in [0.05, 0.1) is 15.5 Å². The van der Waals surface area contributed by atoms with E-state index in [9.17, 15) is 14.9 Å². The Bertz CT molecular complexity index is 562. The van der Waals surface area contributed by atoms with Crippen molar-refractivity contribution in [3.8, 4) is 0 Å². The third-order valence-corrected chi connectivity index (χ3v) is 4.74. The molecule has 1 amide bonds. The first kappa shape index (κ1) is 15.8. The van der Waals surface area contributed by atoms with Gasteiger partial charge < -0.3 is 5.32 Å². The van der Waals surface area contributed by atoms with Gasteiger partial charge in [-0.25, -0.2) is 0 Å². The number of halogens is 1. The topological polar surface area (TPSA) is 72.2 Å². The maximum atomic E-state index is 12.3. The van der Waals surface area contributed by atoms with Gasteiger partial charge in [0.15, 0.2) is 0 Å². The molecule has 0 radical (unpaired) electrons. The Labute approximate surface area is 128 Å². The summed E-state index contributed by atoms with van der Waals surface area (Å²) in [5.41, 5.74) is 0.170. The Kier molecular flexibility index (Phi) is 4.83. The molecule has 1 N–H and O–H groups in total. The maximum absolute atomic E-state index is 12.3. The number of nitro groups is 1. The van der Waals surface area contributed by atoms with E-state index in [1.807, 2.05) is 0 Å². The van der Waals surface area contributed by atoms with E-state index in [0.29, 0.717) is 11.8 Å². The van der Waals surface area contributed by atoms with Crippen LogP contribution < -0.4 is 5.32 Å². The summed E-state index contributed by atoms with van der Waals surface area (Å²) in [5.74, 6) is 0.733. The second kappa shape index (κ2) is 6.43. The molecule has 5 nitrogen and oxygen atoms in total. The van der Waals surface area contributed by atoms with Gasteiger partial charge in [-0.05, 0) is 24.3 Å². The van der Waals surface area contributed by atoms with Gasteiger partial charge >= 0.3 is 0 Å². The second-order valence-electron chi connectivity index (χ2n) is 5.77. The Balaban J connectivity index is 2.11. The van der Waals surface area contributed by atoms with Gasteiger partial charge in [-0.15, -0.1) is 0 Å². The Hall–Kier alpha value is -1.62. The van der Waals surface area contributed by atoms with Crippen molar-refractivity contribution >= 4 is 23.2 Å². The van der Waals surface area contributed by atoms with E-state index < -0.39 is 4.92 Å². The molecule has 0 aromatic heterocycles. The minimum absolute atomic E-state index is 0.109. The first-order chi connectivity index (χ1) is 9.90. The lowest BCUT2D eigenvalue weighted by atomic mass is 9.78. The van der Waals surface area contributed by atoms with Crippen LogP contribution >= 0.6 is 11.6 Å². The van der Waals surface area contributed by atoms with E-state index >= 15 is 0 Å². The van der Waals surface area contributed by atoms with Crippen LogP contribution in [0.4, 0.5) is 5.69 Å². The largest absolute Gasteiger partial charge is 0.349 e. The number of nitro benzene ring substituents is 1. The van der Waals surface area contributed by atoms with E-state index in [-0.39, 0.29) is 28.2 Å². The summed E-state index contributed by atoms with van der Waals surface area (Å²) in [5, 5.41) is 13.8. The molecule has 0 aliphatic heterocycles. The number of non-ortho nitro benzene ring substituents is 1. The van der Waals surface area contributed by atoms with Crippen LogP contribution in [0.5, 0.6) is 0 Å². The van der Waals surface area contributed by atoms with Gasteiger partial charge in [-0.2, -0.15) is 0 Å². The molecule has 6 heteroatoms. The van der Waals surface area contributed by atoms with Crippen molar-refractivity contribution in [2.75, 3.05) is 0 Å². The lowest BCUT2D eigenvalue weighted by Crippen LogP contribution is -2.43. The molecule has 114 valence electrons. The molecule has 0 saturated heterocycles. The van der Waals surface area contributed by atoms with Crippen LogP contribution in [0, 0.1) is 22.0 Å². The number of hydrogen-bond donors (Lipinski definition) is 1. The predicted molar refractivity (Wildman–Crippen MR) is 81.5 cm³/mol. The molecule has 1 aliphatic carbocycles. The van der Waals surface area contributed by atoms with Crippen molar-refractivity contribution < 1.29 is 9.72 Å². The van der Waals surface area contributed by atoms with Gasteiger partial charge in [0.1, 0.15) is 0 Å². The molecule has 3 atom stereocenters. The number of nitrogens with one attached hydrogen (secondary N) is 1. The van der Waals surface area contributed by atoms with Gasteiger partial charge in [0.2, 0.25) is 0 Å². The van der Waals surface area contributed by atoms with Gasteiger partial charge in [-0.3, -0.25) is 14.9 Å². The van der Waals surface area contributed by atoms with Crippen LogP contribution in [0.1, 0.15) is 43.5 Å². The number of benzene rings is 1. The molecule has 0 heterocycles. The smallest absolute Gasteiger partial charge is 0.270 e. The van der Waals surface area contributed by atoms with Crippen molar-refractivity contribution in [3.63, 3.8) is 0 Å². The molecule has 1 aromatic rings. The van der Waals surface area contributed by atoms with Crippen LogP contribution in [-0.4, -0.2) is 16.9 Å². The summed E-state index contributed by atoms with van der Waals surface area (Å²) in [4.78, 5) is 22.4. The highest BCUT2D eigenvalue weighted by Gasteiger charge is 2.29. The number of carbonyl (C=O) groups is 1.